The van der Waals surface area contributed by atoms with Crippen LogP contribution in [0.15, 0.2) is 22.8 Å². The standard InChI is InChI=1S/C15H22BrN3O2/c1-15(2,3)19(14(20)21)12-6-8-18(9-7-12)13-5-4-11(16)10-17-13/h4-5,10,12H,6-9H2,1-3H3,(H,20,21). The lowest BCUT2D eigenvalue weighted by atomic mass is 9.97. The number of hydrogen-bond donors (Lipinski definition) is 1. The molecule has 21 heavy (non-hydrogen) atoms. The Kier molecular flexibility index (Phi) is 4.76. The van der Waals surface area contributed by atoms with Crippen LogP contribution in [0.2, 0.25) is 0 Å². The third-order valence-electron chi connectivity index (χ3n) is 3.79. The van der Waals surface area contributed by atoms with Gasteiger partial charge in [0.1, 0.15) is 5.82 Å². The van der Waals surface area contributed by atoms with Crippen molar-refractivity contribution >= 4 is 27.8 Å². The number of halogens is 1. The number of hydrogen-bond acceptors (Lipinski definition) is 3. The highest BCUT2D eigenvalue weighted by atomic mass is 79.9. The van der Waals surface area contributed by atoms with Crippen molar-refractivity contribution in [2.75, 3.05) is 18.0 Å². The Morgan fingerprint density at radius 1 is 1.38 bits per heavy atom. The highest BCUT2D eigenvalue weighted by Crippen LogP contribution is 2.26. The molecular weight excluding hydrogens is 334 g/mol. The number of rotatable bonds is 2. The zero-order chi connectivity index (χ0) is 15.6. The maximum absolute atomic E-state index is 11.5. The lowest BCUT2D eigenvalue weighted by Crippen LogP contribution is -2.54. The number of pyridine rings is 1. The van der Waals surface area contributed by atoms with Crippen LogP contribution in [-0.4, -0.2) is 45.8 Å². The van der Waals surface area contributed by atoms with Gasteiger partial charge < -0.3 is 14.9 Å². The summed E-state index contributed by atoms with van der Waals surface area (Å²) in [5.41, 5.74) is -0.367. The van der Waals surface area contributed by atoms with Gasteiger partial charge in [-0.25, -0.2) is 9.78 Å². The Morgan fingerprint density at radius 2 is 2.00 bits per heavy atom. The number of anilines is 1. The Labute approximate surface area is 134 Å². The molecule has 1 aromatic rings. The largest absolute Gasteiger partial charge is 0.465 e. The van der Waals surface area contributed by atoms with Gasteiger partial charge >= 0.3 is 6.09 Å². The van der Waals surface area contributed by atoms with E-state index in [1.165, 1.54) is 0 Å². The molecule has 1 aromatic heterocycles. The normalized spacial score (nSPS) is 16.9. The molecule has 1 amide bonds. The Morgan fingerprint density at radius 3 is 2.43 bits per heavy atom. The average Bonchev–Trinajstić information content (AvgIpc) is 2.38. The summed E-state index contributed by atoms with van der Waals surface area (Å²) in [6.45, 7) is 7.51. The summed E-state index contributed by atoms with van der Waals surface area (Å²) in [7, 11) is 0. The van der Waals surface area contributed by atoms with Crippen LogP contribution in [0.3, 0.4) is 0 Å². The van der Waals surface area contributed by atoms with Crippen molar-refractivity contribution in [2.45, 2.75) is 45.2 Å². The molecule has 0 bridgehead atoms. The predicted molar refractivity (Wildman–Crippen MR) is 86.8 cm³/mol. The van der Waals surface area contributed by atoms with Crippen molar-refractivity contribution in [3.8, 4) is 0 Å². The zero-order valence-electron chi connectivity index (χ0n) is 12.7. The van der Waals surface area contributed by atoms with E-state index in [9.17, 15) is 9.90 Å². The lowest BCUT2D eigenvalue weighted by Gasteiger charge is -2.43. The SMILES string of the molecule is CC(C)(C)N(C(=O)O)C1CCN(c2ccc(Br)cn2)CC1. The average molecular weight is 356 g/mol. The van der Waals surface area contributed by atoms with Crippen molar-refractivity contribution in [3.63, 3.8) is 0 Å². The first kappa shape index (κ1) is 16.1. The molecule has 0 unspecified atom stereocenters. The Hall–Kier alpha value is -1.30. The van der Waals surface area contributed by atoms with Crippen molar-refractivity contribution in [1.82, 2.24) is 9.88 Å². The van der Waals surface area contributed by atoms with E-state index < -0.39 is 6.09 Å². The highest BCUT2D eigenvalue weighted by molar-refractivity contribution is 9.10. The van der Waals surface area contributed by atoms with Crippen molar-refractivity contribution in [2.24, 2.45) is 0 Å². The van der Waals surface area contributed by atoms with Crippen LogP contribution in [0, 0.1) is 0 Å². The second-order valence-electron chi connectivity index (χ2n) is 6.38. The Balaban J connectivity index is 2.02. The lowest BCUT2D eigenvalue weighted by molar-refractivity contribution is 0.0616. The molecule has 116 valence electrons. The minimum absolute atomic E-state index is 0.0780. The van der Waals surface area contributed by atoms with Gasteiger partial charge in [-0.1, -0.05) is 0 Å². The second kappa shape index (κ2) is 6.22. The summed E-state index contributed by atoms with van der Waals surface area (Å²) in [5.74, 6) is 0.953. The molecule has 0 aromatic carbocycles. The summed E-state index contributed by atoms with van der Waals surface area (Å²) < 4.78 is 0.964. The van der Waals surface area contributed by atoms with E-state index in [0.717, 1.165) is 36.2 Å². The molecule has 6 heteroatoms. The first-order valence-electron chi connectivity index (χ1n) is 7.18. The smallest absolute Gasteiger partial charge is 0.407 e. The van der Waals surface area contributed by atoms with Crippen molar-refractivity contribution in [3.05, 3.63) is 22.8 Å². The van der Waals surface area contributed by atoms with Gasteiger partial charge in [0, 0.05) is 35.3 Å². The molecule has 0 spiro atoms. The number of carboxylic acid groups (broad SMARTS) is 1. The molecule has 2 rings (SSSR count). The quantitative estimate of drug-likeness (QED) is 0.880. The van der Waals surface area contributed by atoms with Crippen LogP contribution in [0.25, 0.3) is 0 Å². The van der Waals surface area contributed by atoms with Crippen LogP contribution >= 0.6 is 15.9 Å². The maximum Gasteiger partial charge on any atom is 0.407 e. The minimum atomic E-state index is -0.831. The monoisotopic (exact) mass is 355 g/mol. The molecule has 5 nitrogen and oxygen atoms in total. The second-order valence-corrected chi connectivity index (χ2v) is 7.29. The fourth-order valence-electron chi connectivity index (χ4n) is 2.90. The third kappa shape index (κ3) is 3.87. The molecule has 1 aliphatic heterocycles. The molecule has 0 aliphatic carbocycles. The number of piperidine rings is 1. The van der Waals surface area contributed by atoms with Crippen molar-refractivity contribution < 1.29 is 9.90 Å². The van der Waals surface area contributed by atoms with E-state index >= 15 is 0 Å². The van der Waals surface area contributed by atoms with E-state index in [4.69, 9.17) is 0 Å². The van der Waals surface area contributed by atoms with Crippen LogP contribution in [-0.2, 0) is 0 Å². The molecule has 2 heterocycles. The number of aromatic nitrogens is 1. The zero-order valence-corrected chi connectivity index (χ0v) is 14.3. The molecule has 1 aliphatic rings. The van der Waals surface area contributed by atoms with Gasteiger partial charge in [-0.05, 0) is 61.7 Å². The van der Waals surface area contributed by atoms with Crippen LogP contribution in [0.4, 0.5) is 10.6 Å². The van der Waals surface area contributed by atoms with E-state index in [1.807, 2.05) is 32.9 Å². The molecular formula is C15H22BrN3O2. The summed E-state index contributed by atoms with van der Waals surface area (Å²) >= 11 is 3.38. The highest BCUT2D eigenvalue weighted by Gasteiger charge is 2.35. The van der Waals surface area contributed by atoms with Gasteiger partial charge in [0.2, 0.25) is 0 Å². The van der Waals surface area contributed by atoms with Crippen LogP contribution in [0.1, 0.15) is 33.6 Å². The van der Waals surface area contributed by atoms with Crippen LogP contribution in [0.5, 0.6) is 0 Å². The molecule has 0 saturated carbocycles. The van der Waals surface area contributed by atoms with Crippen molar-refractivity contribution in [1.29, 1.82) is 0 Å². The molecule has 0 atom stereocenters. The van der Waals surface area contributed by atoms with Gasteiger partial charge in [0.15, 0.2) is 0 Å². The van der Waals surface area contributed by atoms with Gasteiger partial charge in [0.25, 0.3) is 0 Å². The number of carbonyl (C=O) groups is 1. The summed E-state index contributed by atoms with van der Waals surface area (Å²) in [6, 6.07) is 4.05. The maximum atomic E-state index is 11.5. The third-order valence-corrected chi connectivity index (χ3v) is 4.26. The fourth-order valence-corrected chi connectivity index (χ4v) is 3.13. The van der Waals surface area contributed by atoms with E-state index in [1.54, 1.807) is 11.1 Å². The summed E-state index contributed by atoms with van der Waals surface area (Å²) in [5, 5.41) is 9.47. The first-order valence-corrected chi connectivity index (χ1v) is 7.97. The predicted octanol–water partition coefficient (Wildman–Crippen LogP) is 3.59. The first-order chi connectivity index (χ1) is 9.79. The Bertz CT molecular complexity index is 491. The molecule has 1 fully saturated rings. The van der Waals surface area contributed by atoms with E-state index in [-0.39, 0.29) is 11.6 Å². The molecule has 1 N–H and O–H groups in total. The van der Waals surface area contributed by atoms with E-state index in [0.29, 0.717) is 0 Å². The number of nitrogens with zero attached hydrogens (tertiary/aromatic N) is 3. The molecule has 0 radical (unpaired) electrons. The van der Waals surface area contributed by atoms with Gasteiger partial charge in [-0.2, -0.15) is 0 Å². The summed E-state index contributed by atoms with van der Waals surface area (Å²) in [6.07, 6.45) is 2.63. The number of amides is 1. The molecule has 1 saturated heterocycles. The van der Waals surface area contributed by atoms with Crippen LogP contribution < -0.4 is 4.90 Å². The van der Waals surface area contributed by atoms with Gasteiger partial charge in [-0.3, -0.25) is 0 Å². The van der Waals surface area contributed by atoms with E-state index in [2.05, 4.69) is 25.8 Å². The minimum Gasteiger partial charge on any atom is -0.465 e. The van der Waals surface area contributed by atoms with Gasteiger partial charge in [0.05, 0.1) is 0 Å². The fraction of sp³-hybridized carbons (Fsp3) is 0.600. The van der Waals surface area contributed by atoms with Gasteiger partial charge in [-0.15, -0.1) is 0 Å². The summed E-state index contributed by atoms with van der Waals surface area (Å²) in [4.78, 5) is 19.7. The topological polar surface area (TPSA) is 56.7 Å².